The van der Waals surface area contributed by atoms with Crippen LogP contribution >= 0.6 is 11.8 Å². The number of nitrogens with two attached hydrogens (primary N) is 1. The maximum atomic E-state index is 6.24. The lowest BCUT2D eigenvalue weighted by atomic mass is 10.1. The lowest BCUT2D eigenvalue weighted by Crippen LogP contribution is -2.34. The first-order chi connectivity index (χ1) is 10.7. The molecule has 1 aliphatic rings. The van der Waals surface area contributed by atoms with Crippen molar-refractivity contribution < 1.29 is 0 Å². The molecule has 3 aromatic rings. The summed E-state index contributed by atoms with van der Waals surface area (Å²) in [6, 6.07) is 12.5. The summed E-state index contributed by atoms with van der Waals surface area (Å²) in [5, 5.41) is 8.32. The molecule has 0 aliphatic carbocycles. The minimum absolute atomic E-state index is 0.826. The van der Waals surface area contributed by atoms with Gasteiger partial charge in [-0.3, -0.25) is 5.01 Å². The van der Waals surface area contributed by atoms with E-state index in [9.17, 15) is 0 Å². The zero-order valence-corrected chi connectivity index (χ0v) is 13.5. The van der Waals surface area contributed by atoms with E-state index in [0.29, 0.717) is 0 Å². The van der Waals surface area contributed by atoms with E-state index in [0.717, 1.165) is 34.9 Å². The zero-order valence-electron chi connectivity index (χ0n) is 12.7. The Hall–Kier alpha value is -2.14. The van der Waals surface area contributed by atoms with Crippen LogP contribution in [0.25, 0.3) is 22.2 Å². The Bertz CT molecular complexity index is 864. The van der Waals surface area contributed by atoms with Crippen LogP contribution in [-0.2, 0) is 0 Å². The number of nitrogen functional groups attached to an aromatic ring is 1. The number of rotatable bonds is 3. The third-order valence-corrected chi connectivity index (χ3v) is 5.39. The van der Waals surface area contributed by atoms with Gasteiger partial charge in [-0.25, -0.2) is 0 Å². The van der Waals surface area contributed by atoms with Crippen LogP contribution < -0.4 is 10.7 Å². The minimum Gasteiger partial charge on any atom is -0.398 e. The van der Waals surface area contributed by atoms with Gasteiger partial charge < -0.3 is 5.73 Å². The molecule has 4 rings (SSSR count). The van der Waals surface area contributed by atoms with Crippen LogP contribution in [0, 0.1) is 0 Å². The summed E-state index contributed by atoms with van der Waals surface area (Å²) in [4.78, 5) is 4.39. The van der Waals surface area contributed by atoms with Gasteiger partial charge in [-0.05, 0) is 32.0 Å². The quantitative estimate of drug-likeness (QED) is 0.586. The van der Waals surface area contributed by atoms with Crippen molar-refractivity contribution in [3.05, 3.63) is 36.4 Å². The van der Waals surface area contributed by atoms with Crippen molar-refractivity contribution in [3.63, 3.8) is 0 Å². The molecule has 0 saturated carbocycles. The number of anilines is 1. The van der Waals surface area contributed by atoms with Crippen molar-refractivity contribution in [1.82, 2.24) is 9.89 Å². The van der Waals surface area contributed by atoms with E-state index in [2.05, 4.69) is 49.2 Å². The minimum atomic E-state index is 0.826. The second-order valence-electron chi connectivity index (χ2n) is 5.35. The van der Waals surface area contributed by atoms with Crippen LogP contribution in [0.4, 0.5) is 5.69 Å². The van der Waals surface area contributed by atoms with Crippen LogP contribution in [0.15, 0.2) is 46.2 Å². The summed E-state index contributed by atoms with van der Waals surface area (Å²) in [5.74, 6) is 0. The molecule has 1 aliphatic heterocycles. The van der Waals surface area contributed by atoms with Crippen molar-refractivity contribution in [2.45, 2.75) is 23.6 Å². The molecular formula is C17H18N4S. The molecule has 2 N–H and O–H groups in total. The highest BCUT2D eigenvalue weighted by atomic mass is 32.2. The zero-order chi connectivity index (χ0) is 15.3. The maximum Gasteiger partial charge on any atom is 0.105 e. The maximum absolute atomic E-state index is 6.24. The molecular weight excluding hydrogens is 292 g/mol. The van der Waals surface area contributed by atoms with Crippen molar-refractivity contribution >= 4 is 28.4 Å². The average Bonchev–Trinajstić information content (AvgIpc) is 2.93. The summed E-state index contributed by atoms with van der Waals surface area (Å²) in [5.41, 5.74) is 10.4. The normalized spacial score (nSPS) is 12.5. The Labute approximate surface area is 133 Å². The fourth-order valence-corrected chi connectivity index (χ4v) is 4.18. The number of nitrogens with zero attached hydrogens (tertiary/aromatic N) is 3. The van der Waals surface area contributed by atoms with Gasteiger partial charge in [-0.15, -0.1) is 0 Å². The van der Waals surface area contributed by atoms with Crippen LogP contribution in [0.2, 0.25) is 0 Å². The third-order valence-electron chi connectivity index (χ3n) is 4.17. The summed E-state index contributed by atoms with van der Waals surface area (Å²) in [6.45, 7) is 6.14. The van der Waals surface area contributed by atoms with Gasteiger partial charge >= 0.3 is 0 Å². The molecule has 2 aromatic carbocycles. The van der Waals surface area contributed by atoms with E-state index >= 15 is 0 Å². The van der Waals surface area contributed by atoms with Crippen LogP contribution in [-0.4, -0.2) is 23.0 Å². The Kier molecular flexibility index (Phi) is 3.04. The number of hydrogen-bond donors (Lipinski definition) is 1. The molecule has 4 nitrogen and oxygen atoms in total. The lowest BCUT2D eigenvalue weighted by Gasteiger charge is -2.21. The summed E-state index contributed by atoms with van der Waals surface area (Å²) >= 11 is 1.74. The average molecular weight is 310 g/mol. The largest absolute Gasteiger partial charge is 0.398 e. The molecule has 0 unspecified atom stereocenters. The van der Waals surface area contributed by atoms with E-state index in [-0.39, 0.29) is 0 Å². The fraction of sp³-hybridized carbons (Fsp3) is 0.235. The van der Waals surface area contributed by atoms with Gasteiger partial charge in [0.05, 0.1) is 5.52 Å². The van der Waals surface area contributed by atoms with Crippen molar-refractivity contribution in [2.24, 2.45) is 0 Å². The van der Waals surface area contributed by atoms with E-state index in [4.69, 9.17) is 10.8 Å². The first-order valence-corrected chi connectivity index (χ1v) is 8.40. The number of aromatic nitrogens is 2. The van der Waals surface area contributed by atoms with Gasteiger partial charge in [0.15, 0.2) is 0 Å². The Morgan fingerprint density at radius 2 is 1.91 bits per heavy atom. The van der Waals surface area contributed by atoms with Crippen LogP contribution in [0.5, 0.6) is 0 Å². The van der Waals surface area contributed by atoms with Gasteiger partial charge in [-0.2, -0.15) is 9.89 Å². The second kappa shape index (κ2) is 4.95. The first-order valence-electron chi connectivity index (χ1n) is 7.58. The van der Waals surface area contributed by atoms with E-state index in [1.165, 1.54) is 15.8 Å². The van der Waals surface area contributed by atoms with Gasteiger partial charge in [0, 0.05) is 39.5 Å². The Morgan fingerprint density at radius 3 is 2.68 bits per heavy atom. The predicted molar refractivity (Wildman–Crippen MR) is 93.0 cm³/mol. The van der Waals surface area contributed by atoms with E-state index < -0.39 is 0 Å². The molecule has 0 radical (unpaired) electrons. The first kappa shape index (κ1) is 13.5. The third kappa shape index (κ3) is 1.75. The molecule has 0 bridgehead atoms. The van der Waals surface area contributed by atoms with Gasteiger partial charge in [0.25, 0.3) is 0 Å². The highest BCUT2D eigenvalue weighted by Crippen LogP contribution is 2.49. The molecule has 0 spiro atoms. The molecule has 0 amide bonds. The Balaban J connectivity index is 2.09. The van der Waals surface area contributed by atoms with Crippen molar-refractivity contribution in [1.29, 1.82) is 0 Å². The Morgan fingerprint density at radius 1 is 1.14 bits per heavy atom. The smallest absolute Gasteiger partial charge is 0.105 e. The molecule has 5 heteroatoms. The number of benzene rings is 2. The van der Waals surface area contributed by atoms with Crippen molar-refractivity contribution in [2.75, 3.05) is 23.8 Å². The molecule has 112 valence electrons. The van der Waals surface area contributed by atoms with Gasteiger partial charge in [0.2, 0.25) is 0 Å². The topological polar surface area (TPSA) is 47.1 Å². The lowest BCUT2D eigenvalue weighted by molar-refractivity contribution is 0.575. The summed E-state index contributed by atoms with van der Waals surface area (Å²) in [6.07, 6.45) is 0. The summed E-state index contributed by atoms with van der Waals surface area (Å²) in [7, 11) is 0. The molecule has 22 heavy (non-hydrogen) atoms. The highest BCUT2D eigenvalue weighted by molar-refractivity contribution is 8.00. The molecule has 0 saturated heterocycles. The van der Waals surface area contributed by atoms with Crippen LogP contribution in [0.3, 0.4) is 0 Å². The van der Waals surface area contributed by atoms with E-state index in [1.807, 2.05) is 10.9 Å². The van der Waals surface area contributed by atoms with Crippen molar-refractivity contribution in [3.8, 4) is 11.3 Å². The molecule has 0 fully saturated rings. The second-order valence-corrected chi connectivity index (χ2v) is 6.41. The fourth-order valence-electron chi connectivity index (χ4n) is 3.05. The molecule has 0 atom stereocenters. The summed E-state index contributed by atoms with van der Waals surface area (Å²) < 4.78 is 0. The highest BCUT2D eigenvalue weighted by Gasteiger charge is 2.26. The number of fused-ring (bicyclic) bond motifs is 2. The monoisotopic (exact) mass is 310 g/mol. The van der Waals surface area contributed by atoms with Gasteiger partial charge in [0.1, 0.15) is 5.69 Å². The van der Waals surface area contributed by atoms with E-state index in [1.54, 1.807) is 11.8 Å². The SMILES string of the molecule is CCN(CC)n1nc2c3c(c(N)ccc31)Sc1ccccc1-2. The van der Waals surface area contributed by atoms with Gasteiger partial charge in [-0.1, -0.05) is 30.0 Å². The van der Waals surface area contributed by atoms with Crippen LogP contribution in [0.1, 0.15) is 13.8 Å². The molecule has 1 aromatic heterocycles. The molecule has 2 heterocycles. The predicted octanol–water partition coefficient (Wildman–Crippen LogP) is 3.73. The number of hydrogen-bond acceptors (Lipinski definition) is 4. The standard InChI is InChI=1S/C17H18N4S/c1-3-20(4-2)21-13-10-9-12(18)17-15(13)16(19-21)11-7-5-6-8-14(11)22-17/h5-10H,3-4,18H2,1-2H3.